The number of carbonyl (C=O) groups is 1. The molecule has 7 heteroatoms. The van der Waals surface area contributed by atoms with Crippen LogP contribution in [-0.2, 0) is 19.6 Å². The molecule has 0 bridgehead atoms. The first-order chi connectivity index (χ1) is 9.33. The number of benzene rings is 1. The highest BCUT2D eigenvalue weighted by Gasteiger charge is 2.31. The summed E-state index contributed by atoms with van der Waals surface area (Å²) in [5.74, 6) is -1.84. The van der Waals surface area contributed by atoms with E-state index in [1.54, 1.807) is 6.92 Å². The summed E-state index contributed by atoms with van der Waals surface area (Å²) in [6.45, 7) is 3.53. The summed E-state index contributed by atoms with van der Waals surface area (Å²) in [6, 6.07) is 3.94. The Balaban J connectivity index is 3.10. The summed E-state index contributed by atoms with van der Waals surface area (Å²) in [5, 5.41) is 0. The summed E-state index contributed by atoms with van der Waals surface area (Å²) >= 11 is 0. The molecule has 1 N–H and O–H groups in total. The average molecular weight is 303 g/mol. The van der Waals surface area contributed by atoms with Crippen LogP contribution in [0, 0.1) is 11.7 Å². The summed E-state index contributed by atoms with van der Waals surface area (Å²) in [6.07, 6.45) is 0.569. The molecular formula is C13H18FNO4S. The summed E-state index contributed by atoms with van der Waals surface area (Å²) < 4.78 is 44.7. The second-order valence-corrected chi connectivity index (χ2v) is 6.12. The fraction of sp³-hybridized carbons (Fsp3) is 0.462. The molecule has 0 unspecified atom stereocenters. The fourth-order valence-corrected chi connectivity index (χ4v) is 3.02. The zero-order chi connectivity index (χ0) is 15.3. The summed E-state index contributed by atoms with van der Waals surface area (Å²) in [5.41, 5.74) is 0. The van der Waals surface area contributed by atoms with Gasteiger partial charge in [0.15, 0.2) is 0 Å². The van der Waals surface area contributed by atoms with Crippen LogP contribution in [0.15, 0.2) is 29.2 Å². The van der Waals surface area contributed by atoms with Gasteiger partial charge in [-0.1, -0.05) is 32.4 Å². The van der Waals surface area contributed by atoms with Crippen molar-refractivity contribution in [2.24, 2.45) is 5.92 Å². The van der Waals surface area contributed by atoms with Gasteiger partial charge in [-0.25, -0.2) is 12.8 Å². The van der Waals surface area contributed by atoms with Gasteiger partial charge in [0.1, 0.15) is 16.8 Å². The van der Waals surface area contributed by atoms with Gasteiger partial charge in [-0.05, 0) is 18.1 Å². The van der Waals surface area contributed by atoms with E-state index in [1.807, 2.05) is 6.92 Å². The smallest absolute Gasteiger partial charge is 0.324 e. The first-order valence-electron chi connectivity index (χ1n) is 6.18. The standard InChI is InChI=1S/C13H18FNO4S/c1-4-9(2)12(13(16)19-3)15-20(17,18)11-8-6-5-7-10(11)14/h5-9,12,15H,4H2,1-3H3/t9-,12+/m1/s1. The van der Waals surface area contributed by atoms with Crippen molar-refractivity contribution in [2.75, 3.05) is 7.11 Å². The van der Waals surface area contributed by atoms with E-state index in [0.29, 0.717) is 6.42 Å². The molecule has 0 radical (unpaired) electrons. The zero-order valence-electron chi connectivity index (χ0n) is 11.6. The third-order valence-electron chi connectivity index (χ3n) is 3.08. The number of hydrogen-bond acceptors (Lipinski definition) is 4. The third-order valence-corrected chi connectivity index (χ3v) is 4.55. The fourth-order valence-electron chi connectivity index (χ4n) is 1.65. The second kappa shape index (κ2) is 6.81. The van der Waals surface area contributed by atoms with Crippen molar-refractivity contribution in [1.29, 1.82) is 0 Å². The lowest BCUT2D eigenvalue weighted by Crippen LogP contribution is -2.45. The molecule has 5 nitrogen and oxygen atoms in total. The molecular weight excluding hydrogens is 285 g/mol. The van der Waals surface area contributed by atoms with Crippen LogP contribution in [0.5, 0.6) is 0 Å². The molecule has 0 aliphatic carbocycles. The highest BCUT2D eigenvalue weighted by Crippen LogP contribution is 2.17. The van der Waals surface area contributed by atoms with Gasteiger partial charge < -0.3 is 4.74 Å². The van der Waals surface area contributed by atoms with Gasteiger partial charge in [0.2, 0.25) is 10.0 Å². The van der Waals surface area contributed by atoms with Gasteiger partial charge in [-0.15, -0.1) is 0 Å². The van der Waals surface area contributed by atoms with Crippen LogP contribution >= 0.6 is 0 Å². The van der Waals surface area contributed by atoms with E-state index < -0.39 is 32.7 Å². The lowest BCUT2D eigenvalue weighted by molar-refractivity contribution is -0.143. The summed E-state index contributed by atoms with van der Waals surface area (Å²) in [4.78, 5) is 11.2. The van der Waals surface area contributed by atoms with Gasteiger partial charge in [-0.2, -0.15) is 4.72 Å². The van der Waals surface area contributed by atoms with Crippen LogP contribution in [0.1, 0.15) is 20.3 Å². The van der Waals surface area contributed by atoms with Crippen molar-refractivity contribution < 1.29 is 22.3 Å². The van der Waals surface area contributed by atoms with Crippen molar-refractivity contribution in [3.8, 4) is 0 Å². The van der Waals surface area contributed by atoms with Crippen LogP contribution < -0.4 is 4.72 Å². The zero-order valence-corrected chi connectivity index (χ0v) is 12.4. The van der Waals surface area contributed by atoms with Crippen molar-refractivity contribution in [3.05, 3.63) is 30.1 Å². The van der Waals surface area contributed by atoms with Crippen LogP contribution in [-0.4, -0.2) is 27.5 Å². The van der Waals surface area contributed by atoms with Crippen molar-refractivity contribution in [1.82, 2.24) is 4.72 Å². The molecule has 1 aromatic carbocycles. The molecule has 0 amide bonds. The Morgan fingerprint density at radius 3 is 2.50 bits per heavy atom. The van der Waals surface area contributed by atoms with Crippen LogP contribution in [0.2, 0.25) is 0 Å². The Morgan fingerprint density at radius 2 is 2.00 bits per heavy atom. The molecule has 0 spiro atoms. The Kier molecular flexibility index (Phi) is 5.64. The number of halogens is 1. The number of ether oxygens (including phenoxy) is 1. The lowest BCUT2D eigenvalue weighted by Gasteiger charge is -2.21. The molecule has 0 aliphatic rings. The van der Waals surface area contributed by atoms with Crippen LogP contribution in [0.25, 0.3) is 0 Å². The molecule has 0 heterocycles. The number of hydrogen-bond donors (Lipinski definition) is 1. The summed E-state index contributed by atoms with van der Waals surface area (Å²) in [7, 11) is -2.95. The number of esters is 1. The number of sulfonamides is 1. The first kappa shape index (κ1) is 16.6. The third kappa shape index (κ3) is 3.77. The predicted octanol–water partition coefficient (Wildman–Crippen LogP) is 1.69. The van der Waals surface area contributed by atoms with Gasteiger partial charge in [0, 0.05) is 0 Å². The molecule has 20 heavy (non-hydrogen) atoms. The lowest BCUT2D eigenvalue weighted by atomic mass is 10.0. The quantitative estimate of drug-likeness (QED) is 0.812. The monoisotopic (exact) mass is 303 g/mol. The molecule has 0 aliphatic heterocycles. The average Bonchev–Trinajstić information content (AvgIpc) is 2.43. The maximum Gasteiger partial charge on any atom is 0.324 e. The molecule has 0 saturated heterocycles. The molecule has 1 rings (SSSR count). The number of methoxy groups -OCH3 is 1. The molecule has 112 valence electrons. The first-order valence-corrected chi connectivity index (χ1v) is 7.66. The van der Waals surface area contributed by atoms with Gasteiger partial charge in [-0.3, -0.25) is 4.79 Å². The van der Waals surface area contributed by atoms with E-state index in [9.17, 15) is 17.6 Å². The Labute approximate surface area is 118 Å². The van der Waals surface area contributed by atoms with Gasteiger partial charge in [0.25, 0.3) is 0 Å². The van der Waals surface area contributed by atoms with Gasteiger partial charge in [0.05, 0.1) is 7.11 Å². The van der Waals surface area contributed by atoms with Gasteiger partial charge >= 0.3 is 5.97 Å². The van der Waals surface area contributed by atoms with E-state index in [2.05, 4.69) is 9.46 Å². The molecule has 2 atom stereocenters. The van der Waals surface area contributed by atoms with E-state index in [-0.39, 0.29) is 5.92 Å². The maximum absolute atomic E-state index is 13.6. The maximum atomic E-state index is 13.6. The van der Waals surface area contributed by atoms with Crippen LogP contribution in [0.3, 0.4) is 0 Å². The highest BCUT2D eigenvalue weighted by atomic mass is 32.2. The van der Waals surface area contributed by atoms with Crippen molar-refractivity contribution in [3.63, 3.8) is 0 Å². The molecule has 1 aromatic rings. The normalized spacial score (nSPS) is 14.6. The van der Waals surface area contributed by atoms with E-state index in [0.717, 1.165) is 12.1 Å². The number of nitrogens with one attached hydrogen (secondary N) is 1. The Bertz CT molecular complexity index is 573. The number of carbonyl (C=O) groups excluding carboxylic acids is 1. The topological polar surface area (TPSA) is 72.5 Å². The Hall–Kier alpha value is -1.47. The second-order valence-electron chi connectivity index (χ2n) is 4.44. The minimum atomic E-state index is -4.13. The van der Waals surface area contributed by atoms with Crippen LogP contribution in [0.4, 0.5) is 4.39 Å². The SMILES string of the molecule is CC[C@@H](C)[C@H](NS(=O)(=O)c1ccccc1F)C(=O)OC. The largest absolute Gasteiger partial charge is 0.468 e. The van der Waals surface area contributed by atoms with Crippen molar-refractivity contribution in [2.45, 2.75) is 31.2 Å². The van der Waals surface area contributed by atoms with Crippen molar-refractivity contribution >= 4 is 16.0 Å². The minimum absolute atomic E-state index is 0.274. The highest BCUT2D eigenvalue weighted by molar-refractivity contribution is 7.89. The molecule has 0 aromatic heterocycles. The predicted molar refractivity (Wildman–Crippen MR) is 72.0 cm³/mol. The minimum Gasteiger partial charge on any atom is -0.468 e. The Morgan fingerprint density at radius 1 is 1.40 bits per heavy atom. The molecule has 0 saturated carbocycles. The molecule has 0 fully saturated rings. The number of rotatable bonds is 6. The van der Waals surface area contributed by atoms with E-state index in [4.69, 9.17) is 0 Å². The van der Waals surface area contributed by atoms with E-state index >= 15 is 0 Å². The van der Waals surface area contributed by atoms with E-state index in [1.165, 1.54) is 19.2 Å².